The molecule has 1 unspecified atom stereocenters. The molecule has 3 heteroatoms. The van der Waals surface area contributed by atoms with Crippen LogP contribution in [0, 0.1) is 5.41 Å². The number of aromatic nitrogens is 3. The quantitative estimate of drug-likeness (QED) is 0.536. The first-order chi connectivity index (χ1) is 9.70. The van der Waals surface area contributed by atoms with Crippen LogP contribution in [0.1, 0.15) is 84.4 Å². The van der Waals surface area contributed by atoms with Crippen LogP contribution in [0.2, 0.25) is 0 Å². The zero-order chi connectivity index (χ0) is 14.7. The summed E-state index contributed by atoms with van der Waals surface area (Å²) in [5.74, 6) is 0.951. The molecule has 0 N–H and O–H groups in total. The predicted molar refractivity (Wildman–Crippen MR) is 84.5 cm³/mol. The summed E-state index contributed by atoms with van der Waals surface area (Å²) >= 11 is 0. The van der Waals surface area contributed by atoms with Crippen LogP contribution in [-0.2, 0) is 6.42 Å². The maximum atomic E-state index is 4.31. The zero-order valence-corrected chi connectivity index (χ0v) is 13.6. The van der Waals surface area contributed by atoms with E-state index >= 15 is 0 Å². The summed E-state index contributed by atoms with van der Waals surface area (Å²) in [6.07, 6.45) is 16.1. The maximum Gasteiger partial charge on any atom is 0.132 e. The van der Waals surface area contributed by atoms with E-state index in [-0.39, 0.29) is 0 Å². The molecular formula is C17H31N3. The van der Waals surface area contributed by atoms with Gasteiger partial charge in [0, 0.05) is 6.42 Å². The number of unbranched alkanes of at least 4 members (excludes halogenated alkanes) is 5. The molecule has 0 aliphatic rings. The van der Waals surface area contributed by atoms with E-state index in [9.17, 15) is 0 Å². The van der Waals surface area contributed by atoms with Crippen molar-refractivity contribution in [3.63, 3.8) is 0 Å². The van der Waals surface area contributed by atoms with Crippen molar-refractivity contribution in [2.75, 3.05) is 0 Å². The molecule has 0 saturated carbocycles. The molecule has 0 amide bonds. The molecule has 0 aromatic carbocycles. The van der Waals surface area contributed by atoms with Crippen LogP contribution in [0.4, 0.5) is 0 Å². The first-order valence-corrected chi connectivity index (χ1v) is 8.31. The Bertz CT molecular complexity index is 339. The number of rotatable bonds is 11. The summed E-state index contributed by atoms with van der Waals surface area (Å²) in [5, 5.41) is 0. The molecular weight excluding hydrogens is 246 g/mol. The fourth-order valence-electron chi connectivity index (χ4n) is 2.80. The molecule has 114 valence electrons. The van der Waals surface area contributed by atoms with Crippen molar-refractivity contribution < 1.29 is 0 Å². The number of hydrogen-bond acceptors (Lipinski definition) is 3. The van der Waals surface area contributed by atoms with E-state index in [1.807, 2.05) is 0 Å². The number of nitrogens with zero attached hydrogens (tertiary/aromatic N) is 3. The molecule has 0 saturated heterocycles. The summed E-state index contributed by atoms with van der Waals surface area (Å²) in [4.78, 5) is 12.5. The fraction of sp³-hybridized carbons (Fsp3) is 0.824. The predicted octanol–water partition coefficient (Wildman–Crippen LogP) is 4.97. The van der Waals surface area contributed by atoms with E-state index in [2.05, 4.69) is 35.7 Å². The lowest BCUT2D eigenvalue weighted by Gasteiger charge is -2.29. The minimum absolute atomic E-state index is 0.351. The Morgan fingerprint density at radius 3 is 2.10 bits per heavy atom. The first-order valence-electron chi connectivity index (χ1n) is 8.31. The molecule has 1 aromatic heterocycles. The summed E-state index contributed by atoms with van der Waals surface area (Å²) in [5.41, 5.74) is 0.351. The average molecular weight is 277 g/mol. The van der Waals surface area contributed by atoms with Gasteiger partial charge in [0.25, 0.3) is 0 Å². The molecule has 0 bridgehead atoms. The van der Waals surface area contributed by atoms with Crippen molar-refractivity contribution in [1.29, 1.82) is 0 Å². The Morgan fingerprint density at radius 1 is 0.850 bits per heavy atom. The minimum atomic E-state index is 0.351. The summed E-state index contributed by atoms with van der Waals surface area (Å²) in [7, 11) is 0. The lowest BCUT2D eigenvalue weighted by atomic mass is 9.77. The molecule has 1 atom stereocenters. The standard InChI is InChI=1S/C17H31N3/c1-4-6-8-9-10-12-17(3,11-7-5-2)13-16-19-14-18-15-20-16/h14-15H,4-13H2,1-3H3. The molecule has 3 nitrogen and oxygen atoms in total. The van der Waals surface area contributed by atoms with Gasteiger partial charge in [-0.15, -0.1) is 0 Å². The van der Waals surface area contributed by atoms with Gasteiger partial charge in [0.2, 0.25) is 0 Å². The third kappa shape index (κ3) is 6.97. The first kappa shape index (κ1) is 17.1. The Balaban J connectivity index is 2.47. The van der Waals surface area contributed by atoms with Gasteiger partial charge in [0.1, 0.15) is 18.5 Å². The number of hydrogen-bond donors (Lipinski definition) is 0. The monoisotopic (exact) mass is 277 g/mol. The van der Waals surface area contributed by atoms with Crippen molar-refractivity contribution in [1.82, 2.24) is 15.0 Å². The summed E-state index contributed by atoms with van der Waals surface area (Å²) < 4.78 is 0. The third-order valence-electron chi connectivity index (χ3n) is 4.15. The van der Waals surface area contributed by atoms with E-state index in [0.29, 0.717) is 5.41 Å². The van der Waals surface area contributed by atoms with Crippen LogP contribution >= 0.6 is 0 Å². The highest BCUT2D eigenvalue weighted by atomic mass is 15.0. The lowest BCUT2D eigenvalue weighted by molar-refractivity contribution is 0.246. The van der Waals surface area contributed by atoms with E-state index in [1.165, 1.54) is 57.8 Å². The van der Waals surface area contributed by atoms with Crippen LogP contribution in [0.5, 0.6) is 0 Å². The van der Waals surface area contributed by atoms with Crippen molar-refractivity contribution in [3.05, 3.63) is 18.5 Å². The second-order valence-electron chi connectivity index (χ2n) is 6.31. The van der Waals surface area contributed by atoms with Gasteiger partial charge in [0.15, 0.2) is 0 Å². The highest BCUT2D eigenvalue weighted by Gasteiger charge is 2.24. The SMILES string of the molecule is CCCCCCCC(C)(CCCC)Cc1ncncn1. The summed E-state index contributed by atoms with van der Waals surface area (Å²) in [6.45, 7) is 6.95. The molecule has 20 heavy (non-hydrogen) atoms. The van der Waals surface area contributed by atoms with Crippen molar-refractivity contribution in [3.8, 4) is 0 Å². The van der Waals surface area contributed by atoms with Gasteiger partial charge in [-0.3, -0.25) is 0 Å². The molecule has 1 aromatic rings. The van der Waals surface area contributed by atoms with Crippen molar-refractivity contribution in [2.45, 2.75) is 85.0 Å². The van der Waals surface area contributed by atoms with E-state index in [1.54, 1.807) is 12.7 Å². The third-order valence-corrected chi connectivity index (χ3v) is 4.15. The largest absolute Gasteiger partial charge is 0.225 e. The normalized spacial score (nSPS) is 14.2. The minimum Gasteiger partial charge on any atom is -0.225 e. The average Bonchev–Trinajstić information content (AvgIpc) is 2.46. The molecule has 0 radical (unpaired) electrons. The second-order valence-corrected chi connectivity index (χ2v) is 6.31. The van der Waals surface area contributed by atoms with Gasteiger partial charge in [-0.2, -0.15) is 0 Å². The Kier molecular flexibility index (Phi) is 8.40. The van der Waals surface area contributed by atoms with Gasteiger partial charge in [-0.1, -0.05) is 65.7 Å². The molecule has 0 spiro atoms. The van der Waals surface area contributed by atoms with Gasteiger partial charge in [-0.25, -0.2) is 15.0 Å². The van der Waals surface area contributed by atoms with Crippen molar-refractivity contribution in [2.24, 2.45) is 5.41 Å². The molecule has 1 rings (SSSR count). The molecule has 0 fully saturated rings. The highest BCUT2D eigenvalue weighted by molar-refractivity contribution is 4.90. The van der Waals surface area contributed by atoms with E-state index in [0.717, 1.165) is 12.2 Å². The van der Waals surface area contributed by atoms with Gasteiger partial charge >= 0.3 is 0 Å². The van der Waals surface area contributed by atoms with Gasteiger partial charge in [0.05, 0.1) is 0 Å². The summed E-state index contributed by atoms with van der Waals surface area (Å²) in [6, 6.07) is 0. The van der Waals surface area contributed by atoms with Crippen LogP contribution < -0.4 is 0 Å². The smallest absolute Gasteiger partial charge is 0.132 e. The highest BCUT2D eigenvalue weighted by Crippen LogP contribution is 2.33. The lowest BCUT2D eigenvalue weighted by Crippen LogP contribution is -2.21. The van der Waals surface area contributed by atoms with Crippen molar-refractivity contribution >= 4 is 0 Å². The molecule has 1 heterocycles. The fourth-order valence-corrected chi connectivity index (χ4v) is 2.80. The maximum absolute atomic E-state index is 4.31. The van der Waals surface area contributed by atoms with Gasteiger partial charge in [-0.05, 0) is 18.3 Å². The zero-order valence-electron chi connectivity index (χ0n) is 13.6. The second kappa shape index (κ2) is 9.84. The Morgan fingerprint density at radius 2 is 1.45 bits per heavy atom. The molecule has 0 aliphatic carbocycles. The van der Waals surface area contributed by atoms with Crippen LogP contribution in [-0.4, -0.2) is 15.0 Å². The van der Waals surface area contributed by atoms with E-state index in [4.69, 9.17) is 0 Å². The molecule has 0 aliphatic heterocycles. The van der Waals surface area contributed by atoms with Crippen LogP contribution in [0.15, 0.2) is 12.7 Å². The topological polar surface area (TPSA) is 38.7 Å². The Hall–Kier alpha value is -0.990. The van der Waals surface area contributed by atoms with Crippen LogP contribution in [0.25, 0.3) is 0 Å². The van der Waals surface area contributed by atoms with Gasteiger partial charge < -0.3 is 0 Å². The van der Waals surface area contributed by atoms with E-state index < -0.39 is 0 Å². The van der Waals surface area contributed by atoms with Crippen LogP contribution in [0.3, 0.4) is 0 Å². The Labute approximate surface area is 124 Å².